The molecule has 2 rings (SSSR count). The van der Waals surface area contributed by atoms with Crippen LogP contribution < -0.4 is 5.32 Å². The number of halogens is 2. The Bertz CT molecular complexity index is 671. The Kier molecular flexibility index (Phi) is 5.83. The van der Waals surface area contributed by atoms with Crippen LogP contribution in [0.1, 0.15) is 6.42 Å². The largest absolute Gasteiger partial charge is 0.325 e. The maximum atomic E-state index is 12.0. The molecule has 0 aliphatic heterocycles. The van der Waals surface area contributed by atoms with Crippen molar-refractivity contribution in [2.24, 2.45) is 0 Å². The van der Waals surface area contributed by atoms with Crippen molar-refractivity contribution in [2.45, 2.75) is 6.42 Å². The van der Waals surface area contributed by atoms with Crippen LogP contribution in [0.5, 0.6) is 0 Å². The molecule has 1 amide bonds. The van der Waals surface area contributed by atoms with Gasteiger partial charge in [-0.15, -0.1) is 0 Å². The fraction of sp³-hybridized carbons (Fsp3) is 0.235. The zero-order valence-electron chi connectivity index (χ0n) is 12.6. The molecule has 3 nitrogen and oxygen atoms in total. The van der Waals surface area contributed by atoms with Gasteiger partial charge >= 0.3 is 0 Å². The van der Waals surface area contributed by atoms with E-state index >= 15 is 0 Å². The number of carbonyl (C=O) groups is 1. The number of anilines is 1. The minimum absolute atomic E-state index is 0.0128. The fourth-order valence-electron chi connectivity index (χ4n) is 2.05. The molecule has 0 fully saturated rings. The first-order valence-corrected chi connectivity index (χ1v) is 7.72. The lowest BCUT2D eigenvalue weighted by molar-refractivity contribution is -0.116. The number of hydrogen-bond acceptors (Lipinski definition) is 2. The summed E-state index contributed by atoms with van der Waals surface area (Å²) in [7, 11) is 3.88. The summed E-state index contributed by atoms with van der Waals surface area (Å²) >= 11 is 12.0. The maximum absolute atomic E-state index is 12.0. The van der Waals surface area contributed by atoms with Gasteiger partial charge in [-0.2, -0.15) is 0 Å². The van der Waals surface area contributed by atoms with Gasteiger partial charge in [-0.25, -0.2) is 0 Å². The lowest BCUT2D eigenvalue weighted by atomic mass is 10.0. The minimum Gasteiger partial charge on any atom is -0.325 e. The van der Waals surface area contributed by atoms with E-state index in [4.69, 9.17) is 23.2 Å². The van der Waals surface area contributed by atoms with Crippen molar-refractivity contribution < 1.29 is 4.79 Å². The average molecular weight is 337 g/mol. The minimum atomic E-state index is -0.0128. The molecule has 22 heavy (non-hydrogen) atoms. The van der Waals surface area contributed by atoms with Crippen LogP contribution in [-0.2, 0) is 4.79 Å². The van der Waals surface area contributed by atoms with E-state index in [0.29, 0.717) is 23.0 Å². The summed E-state index contributed by atoms with van der Waals surface area (Å²) in [6.07, 6.45) is 0.447. The number of nitrogens with one attached hydrogen (secondary N) is 1. The molecule has 2 aromatic rings. The van der Waals surface area contributed by atoms with Crippen LogP contribution in [0, 0.1) is 0 Å². The van der Waals surface area contributed by atoms with Crippen molar-refractivity contribution in [2.75, 3.05) is 26.0 Å². The van der Waals surface area contributed by atoms with Gasteiger partial charge in [0, 0.05) is 24.2 Å². The molecule has 0 aromatic heterocycles. The third kappa shape index (κ3) is 4.47. The van der Waals surface area contributed by atoms with Crippen molar-refractivity contribution in [1.29, 1.82) is 0 Å². The number of para-hydroxylation sites is 1. The second-order valence-corrected chi connectivity index (χ2v) is 6.09. The monoisotopic (exact) mass is 336 g/mol. The van der Waals surface area contributed by atoms with E-state index in [2.05, 4.69) is 5.32 Å². The molecule has 0 spiro atoms. The first kappa shape index (κ1) is 16.8. The van der Waals surface area contributed by atoms with Crippen molar-refractivity contribution in [3.8, 4) is 11.1 Å². The summed E-state index contributed by atoms with van der Waals surface area (Å²) in [5.41, 5.74) is 2.60. The molecule has 0 heterocycles. The van der Waals surface area contributed by atoms with Gasteiger partial charge in [0.2, 0.25) is 5.91 Å². The molecule has 0 atom stereocenters. The van der Waals surface area contributed by atoms with Gasteiger partial charge in [-0.3, -0.25) is 4.79 Å². The van der Waals surface area contributed by atoms with E-state index in [0.717, 1.165) is 16.8 Å². The second kappa shape index (κ2) is 7.63. The lowest BCUT2D eigenvalue weighted by Gasteiger charge is -2.13. The molecule has 0 unspecified atom stereocenters. The van der Waals surface area contributed by atoms with Crippen LogP contribution in [-0.4, -0.2) is 31.4 Å². The number of nitrogens with zero attached hydrogens (tertiary/aromatic N) is 1. The normalized spacial score (nSPS) is 10.8. The predicted octanol–water partition coefficient (Wildman–Crippen LogP) is 4.55. The summed E-state index contributed by atoms with van der Waals surface area (Å²) in [5.74, 6) is -0.0128. The van der Waals surface area contributed by atoms with Crippen molar-refractivity contribution in [1.82, 2.24) is 4.90 Å². The lowest BCUT2D eigenvalue weighted by Crippen LogP contribution is -2.21. The van der Waals surface area contributed by atoms with Crippen LogP contribution in [0.2, 0.25) is 10.0 Å². The topological polar surface area (TPSA) is 32.3 Å². The van der Waals surface area contributed by atoms with E-state index in [1.165, 1.54) is 0 Å². The highest BCUT2D eigenvalue weighted by Crippen LogP contribution is 2.32. The van der Waals surface area contributed by atoms with Gasteiger partial charge in [0.25, 0.3) is 0 Å². The summed E-state index contributed by atoms with van der Waals surface area (Å²) < 4.78 is 0. The van der Waals surface area contributed by atoms with E-state index in [1.54, 1.807) is 12.1 Å². The molecule has 0 saturated heterocycles. The quantitative estimate of drug-likeness (QED) is 0.868. The van der Waals surface area contributed by atoms with Crippen molar-refractivity contribution in [3.05, 3.63) is 52.5 Å². The van der Waals surface area contributed by atoms with Crippen LogP contribution in [0.25, 0.3) is 11.1 Å². The van der Waals surface area contributed by atoms with Crippen molar-refractivity contribution >= 4 is 34.8 Å². The SMILES string of the molecule is CN(C)CCC(=O)Nc1ccccc1-c1ccc(Cl)c(Cl)c1. The summed E-state index contributed by atoms with van der Waals surface area (Å²) in [6.45, 7) is 0.709. The molecular weight excluding hydrogens is 319 g/mol. The van der Waals surface area contributed by atoms with Crippen molar-refractivity contribution in [3.63, 3.8) is 0 Å². The van der Waals surface area contributed by atoms with E-state index in [1.807, 2.05) is 49.3 Å². The molecule has 2 aromatic carbocycles. The Morgan fingerprint density at radius 3 is 2.50 bits per heavy atom. The van der Waals surface area contributed by atoms with Crippen LogP contribution in [0.15, 0.2) is 42.5 Å². The van der Waals surface area contributed by atoms with Crippen LogP contribution in [0.3, 0.4) is 0 Å². The molecule has 0 aliphatic carbocycles. The Morgan fingerprint density at radius 1 is 1.09 bits per heavy atom. The predicted molar refractivity (Wildman–Crippen MR) is 93.7 cm³/mol. The Hall–Kier alpha value is -1.55. The van der Waals surface area contributed by atoms with Gasteiger partial charge in [0.05, 0.1) is 10.0 Å². The third-order valence-corrected chi connectivity index (χ3v) is 3.96. The van der Waals surface area contributed by atoms with Gasteiger partial charge in [-0.1, -0.05) is 47.5 Å². The summed E-state index contributed by atoms with van der Waals surface area (Å²) in [4.78, 5) is 14.0. The molecule has 5 heteroatoms. The third-order valence-electron chi connectivity index (χ3n) is 3.22. The van der Waals surface area contributed by atoms with Crippen LogP contribution in [0.4, 0.5) is 5.69 Å². The van der Waals surface area contributed by atoms with Gasteiger partial charge in [0.15, 0.2) is 0 Å². The molecule has 1 N–H and O–H groups in total. The average Bonchev–Trinajstić information content (AvgIpc) is 2.49. The maximum Gasteiger partial charge on any atom is 0.225 e. The molecular formula is C17H18Cl2N2O. The van der Waals surface area contributed by atoms with Gasteiger partial charge in [-0.05, 0) is 37.9 Å². The highest BCUT2D eigenvalue weighted by atomic mass is 35.5. The molecule has 116 valence electrons. The van der Waals surface area contributed by atoms with Crippen LogP contribution >= 0.6 is 23.2 Å². The zero-order valence-corrected chi connectivity index (χ0v) is 14.1. The van der Waals surface area contributed by atoms with E-state index in [9.17, 15) is 4.79 Å². The molecule has 0 bridgehead atoms. The summed E-state index contributed by atoms with van der Waals surface area (Å²) in [5, 5.41) is 3.96. The Labute approximate surface area is 140 Å². The zero-order chi connectivity index (χ0) is 16.1. The summed E-state index contributed by atoms with van der Waals surface area (Å²) in [6, 6.07) is 13.1. The number of hydrogen-bond donors (Lipinski definition) is 1. The number of benzene rings is 2. The fourth-order valence-corrected chi connectivity index (χ4v) is 2.34. The van der Waals surface area contributed by atoms with E-state index < -0.39 is 0 Å². The first-order valence-electron chi connectivity index (χ1n) is 6.96. The second-order valence-electron chi connectivity index (χ2n) is 5.28. The first-order chi connectivity index (χ1) is 10.5. The smallest absolute Gasteiger partial charge is 0.225 e. The Balaban J connectivity index is 2.23. The van der Waals surface area contributed by atoms with Gasteiger partial charge < -0.3 is 10.2 Å². The molecule has 0 aliphatic rings. The number of carbonyl (C=O) groups excluding carboxylic acids is 1. The number of rotatable bonds is 5. The molecule has 0 radical (unpaired) electrons. The van der Waals surface area contributed by atoms with Gasteiger partial charge in [0.1, 0.15) is 0 Å². The standard InChI is InChI=1S/C17H18Cl2N2O/c1-21(2)10-9-17(22)20-16-6-4-3-5-13(16)12-7-8-14(18)15(19)11-12/h3-8,11H,9-10H2,1-2H3,(H,20,22). The number of amides is 1. The molecule has 0 saturated carbocycles. The highest BCUT2D eigenvalue weighted by Gasteiger charge is 2.10. The van der Waals surface area contributed by atoms with E-state index in [-0.39, 0.29) is 5.91 Å². The highest BCUT2D eigenvalue weighted by molar-refractivity contribution is 6.42. The Morgan fingerprint density at radius 2 is 1.82 bits per heavy atom.